The van der Waals surface area contributed by atoms with Crippen LogP contribution in [0.15, 0.2) is 60.8 Å². The highest BCUT2D eigenvalue weighted by Gasteiger charge is 2.18. The minimum atomic E-state index is -0.387. The molecule has 0 aliphatic carbocycles. The molecular formula is C18H16ClNO2. The standard InChI is InChI=1S/C18H16ClNO2/c1-13(18(21)22-12-14-5-3-2-4-6-14)20-10-9-15-11-16(19)7-8-17(15)20/h2-11,13H,12H2,1H3. The molecule has 0 saturated carbocycles. The molecule has 3 aromatic rings. The van der Waals surface area contributed by atoms with Crippen molar-refractivity contribution in [2.75, 3.05) is 0 Å². The molecule has 2 aromatic carbocycles. The lowest BCUT2D eigenvalue weighted by molar-refractivity contribution is -0.148. The monoisotopic (exact) mass is 313 g/mol. The predicted octanol–water partition coefficient (Wildman–Crippen LogP) is 4.60. The van der Waals surface area contributed by atoms with Crippen LogP contribution in [0.3, 0.4) is 0 Å². The van der Waals surface area contributed by atoms with E-state index in [9.17, 15) is 4.79 Å². The van der Waals surface area contributed by atoms with Gasteiger partial charge in [0.1, 0.15) is 12.6 Å². The molecule has 0 radical (unpaired) electrons. The van der Waals surface area contributed by atoms with E-state index in [0.29, 0.717) is 5.02 Å². The lowest BCUT2D eigenvalue weighted by Crippen LogP contribution is -2.18. The van der Waals surface area contributed by atoms with E-state index in [1.807, 2.05) is 72.3 Å². The van der Waals surface area contributed by atoms with Gasteiger partial charge in [-0.2, -0.15) is 0 Å². The Morgan fingerprint density at radius 2 is 1.95 bits per heavy atom. The molecule has 0 N–H and O–H groups in total. The summed E-state index contributed by atoms with van der Waals surface area (Å²) >= 11 is 5.99. The lowest BCUT2D eigenvalue weighted by Gasteiger charge is -2.14. The van der Waals surface area contributed by atoms with E-state index in [1.54, 1.807) is 0 Å². The minimum Gasteiger partial charge on any atom is -0.459 e. The molecule has 0 saturated heterocycles. The summed E-state index contributed by atoms with van der Waals surface area (Å²) in [4.78, 5) is 12.3. The molecule has 22 heavy (non-hydrogen) atoms. The van der Waals surface area contributed by atoms with Gasteiger partial charge in [-0.05, 0) is 36.8 Å². The summed E-state index contributed by atoms with van der Waals surface area (Å²) in [7, 11) is 0. The van der Waals surface area contributed by atoms with Crippen molar-refractivity contribution in [3.05, 3.63) is 71.4 Å². The average molecular weight is 314 g/mol. The van der Waals surface area contributed by atoms with Crippen molar-refractivity contribution in [3.8, 4) is 0 Å². The fraction of sp³-hybridized carbons (Fsp3) is 0.167. The Bertz CT molecular complexity index is 795. The van der Waals surface area contributed by atoms with Crippen LogP contribution in [0, 0.1) is 0 Å². The number of hydrogen-bond donors (Lipinski definition) is 0. The highest BCUT2D eigenvalue weighted by molar-refractivity contribution is 6.31. The van der Waals surface area contributed by atoms with Crippen LogP contribution >= 0.6 is 11.6 Å². The van der Waals surface area contributed by atoms with Crippen LogP contribution in [0.5, 0.6) is 0 Å². The molecule has 1 unspecified atom stereocenters. The first-order valence-corrected chi connectivity index (χ1v) is 7.49. The van der Waals surface area contributed by atoms with Gasteiger partial charge in [0.25, 0.3) is 0 Å². The summed E-state index contributed by atoms with van der Waals surface area (Å²) in [6.07, 6.45) is 1.88. The topological polar surface area (TPSA) is 31.2 Å². The Hall–Kier alpha value is -2.26. The Morgan fingerprint density at radius 1 is 1.18 bits per heavy atom. The van der Waals surface area contributed by atoms with Gasteiger partial charge in [0.05, 0.1) is 0 Å². The molecule has 3 nitrogen and oxygen atoms in total. The SMILES string of the molecule is CC(C(=O)OCc1ccccc1)n1ccc2cc(Cl)ccc21. The maximum Gasteiger partial charge on any atom is 0.329 e. The van der Waals surface area contributed by atoms with Gasteiger partial charge < -0.3 is 9.30 Å². The maximum absolute atomic E-state index is 12.3. The summed E-state index contributed by atoms with van der Waals surface area (Å²) in [6, 6.07) is 16.8. The molecule has 0 aliphatic heterocycles. The van der Waals surface area contributed by atoms with Crippen molar-refractivity contribution in [2.45, 2.75) is 19.6 Å². The summed E-state index contributed by atoms with van der Waals surface area (Å²) in [5.41, 5.74) is 1.95. The number of hydrogen-bond acceptors (Lipinski definition) is 2. The number of carbonyl (C=O) groups excluding carboxylic acids is 1. The Labute approximate surface area is 134 Å². The molecule has 4 heteroatoms. The third-order valence-electron chi connectivity index (χ3n) is 3.66. The molecule has 0 aliphatic rings. The number of rotatable bonds is 4. The number of benzene rings is 2. The molecule has 0 bridgehead atoms. The number of nitrogens with zero attached hydrogens (tertiary/aromatic N) is 1. The van der Waals surface area contributed by atoms with Crippen LogP contribution in [-0.2, 0) is 16.1 Å². The zero-order valence-electron chi connectivity index (χ0n) is 12.2. The van der Waals surface area contributed by atoms with Gasteiger partial charge in [-0.1, -0.05) is 41.9 Å². The third kappa shape index (κ3) is 3.00. The van der Waals surface area contributed by atoms with Gasteiger partial charge in [0, 0.05) is 22.1 Å². The number of halogens is 1. The number of esters is 1. The normalized spacial score (nSPS) is 12.3. The van der Waals surface area contributed by atoms with Crippen LogP contribution in [0.25, 0.3) is 10.9 Å². The minimum absolute atomic E-state index is 0.253. The number of aromatic nitrogens is 1. The first kappa shape index (κ1) is 14.7. The molecule has 0 fully saturated rings. The van der Waals surface area contributed by atoms with E-state index in [1.165, 1.54) is 0 Å². The third-order valence-corrected chi connectivity index (χ3v) is 3.90. The Balaban J connectivity index is 1.74. The van der Waals surface area contributed by atoms with Crippen molar-refractivity contribution in [1.82, 2.24) is 4.57 Å². The summed E-state index contributed by atoms with van der Waals surface area (Å²) in [5, 5.41) is 1.69. The molecule has 1 heterocycles. The van der Waals surface area contributed by atoms with Crippen LogP contribution < -0.4 is 0 Å². The van der Waals surface area contributed by atoms with Gasteiger partial charge in [0.15, 0.2) is 0 Å². The largest absolute Gasteiger partial charge is 0.459 e. The van der Waals surface area contributed by atoms with Crippen LogP contribution in [0.1, 0.15) is 18.5 Å². The van der Waals surface area contributed by atoms with E-state index in [2.05, 4.69) is 0 Å². The Kier molecular flexibility index (Phi) is 4.16. The number of carbonyl (C=O) groups is 1. The van der Waals surface area contributed by atoms with E-state index >= 15 is 0 Å². The van der Waals surface area contributed by atoms with E-state index < -0.39 is 0 Å². The first-order valence-electron chi connectivity index (χ1n) is 7.12. The Morgan fingerprint density at radius 3 is 2.73 bits per heavy atom. The van der Waals surface area contributed by atoms with Gasteiger partial charge in [-0.15, -0.1) is 0 Å². The molecule has 1 atom stereocenters. The van der Waals surface area contributed by atoms with Crippen molar-refractivity contribution in [2.24, 2.45) is 0 Å². The van der Waals surface area contributed by atoms with Crippen LogP contribution in [-0.4, -0.2) is 10.5 Å². The van der Waals surface area contributed by atoms with Crippen LogP contribution in [0.4, 0.5) is 0 Å². The van der Waals surface area contributed by atoms with E-state index in [4.69, 9.17) is 16.3 Å². The van der Waals surface area contributed by atoms with Crippen molar-refractivity contribution in [1.29, 1.82) is 0 Å². The number of ether oxygens (including phenoxy) is 1. The second-order valence-electron chi connectivity index (χ2n) is 5.20. The van der Waals surface area contributed by atoms with Gasteiger partial charge in [0.2, 0.25) is 0 Å². The van der Waals surface area contributed by atoms with Gasteiger partial charge >= 0.3 is 5.97 Å². The fourth-order valence-electron chi connectivity index (χ4n) is 2.44. The zero-order chi connectivity index (χ0) is 15.5. The van der Waals surface area contributed by atoms with E-state index in [-0.39, 0.29) is 18.6 Å². The summed E-state index contributed by atoms with van der Waals surface area (Å²) in [5.74, 6) is -0.253. The van der Waals surface area contributed by atoms with E-state index in [0.717, 1.165) is 16.5 Å². The van der Waals surface area contributed by atoms with Crippen molar-refractivity contribution >= 4 is 28.5 Å². The zero-order valence-corrected chi connectivity index (χ0v) is 13.0. The average Bonchev–Trinajstić information content (AvgIpc) is 2.95. The second kappa shape index (κ2) is 6.24. The predicted molar refractivity (Wildman–Crippen MR) is 87.9 cm³/mol. The molecule has 3 rings (SSSR count). The molecular weight excluding hydrogens is 298 g/mol. The summed E-state index contributed by atoms with van der Waals surface area (Å²) in [6.45, 7) is 2.12. The molecule has 0 amide bonds. The van der Waals surface area contributed by atoms with Gasteiger partial charge in [-0.3, -0.25) is 0 Å². The highest BCUT2D eigenvalue weighted by Crippen LogP contribution is 2.24. The molecule has 1 aromatic heterocycles. The smallest absolute Gasteiger partial charge is 0.329 e. The lowest BCUT2D eigenvalue weighted by atomic mass is 10.2. The first-order chi connectivity index (χ1) is 10.6. The fourth-order valence-corrected chi connectivity index (χ4v) is 2.62. The van der Waals surface area contributed by atoms with Crippen LogP contribution in [0.2, 0.25) is 5.02 Å². The summed E-state index contributed by atoms with van der Waals surface area (Å²) < 4.78 is 7.30. The number of fused-ring (bicyclic) bond motifs is 1. The quantitative estimate of drug-likeness (QED) is 0.659. The van der Waals surface area contributed by atoms with Crippen molar-refractivity contribution in [3.63, 3.8) is 0 Å². The maximum atomic E-state index is 12.3. The molecule has 0 spiro atoms. The van der Waals surface area contributed by atoms with Gasteiger partial charge in [-0.25, -0.2) is 4.79 Å². The highest BCUT2D eigenvalue weighted by atomic mass is 35.5. The van der Waals surface area contributed by atoms with Crippen molar-refractivity contribution < 1.29 is 9.53 Å². The second-order valence-corrected chi connectivity index (χ2v) is 5.63. The molecule has 112 valence electrons.